The molecule has 24 heavy (non-hydrogen) atoms. The number of cyclic esters (lactones) is 1. The summed E-state index contributed by atoms with van der Waals surface area (Å²) in [6.07, 6.45) is -5.27. The highest BCUT2D eigenvalue weighted by molar-refractivity contribution is 6.30. The van der Waals surface area contributed by atoms with Crippen LogP contribution in [0.5, 0.6) is 0 Å². The number of rotatable bonds is 3. The molecule has 1 amide bonds. The second kappa shape index (κ2) is 5.94. The average molecular weight is 362 g/mol. The third-order valence-corrected chi connectivity index (χ3v) is 3.72. The highest BCUT2D eigenvalue weighted by Crippen LogP contribution is 2.43. The number of Topliss-reactive ketones (excluding diaryl/α,β-unsaturated/α-hetero) is 1. The first kappa shape index (κ1) is 18.0. The average Bonchev–Trinajstić information content (AvgIpc) is 2.70. The van der Waals surface area contributed by atoms with E-state index in [0.29, 0.717) is 0 Å². The summed E-state index contributed by atoms with van der Waals surface area (Å²) < 4.78 is 45.5. The fourth-order valence-corrected chi connectivity index (χ4v) is 2.56. The van der Waals surface area contributed by atoms with E-state index < -0.39 is 40.7 Å². The van der Waals surface area contributed by atoms with E-state index in [0.717, 1.165) is 13.8 Å². The molecule has 1 aromatic carbocycles. The van der Waals surface area contributed by atoms with Crippen LogP contribution in [0.3, 0.4) is 0 Å². The molecule has 0 radical (unpaired) electrons. The number of amides is 1. The van der Waals surface area contributed by atoms with Crippen molar-refractivity contribution >= 4 is 29.3 Å². The molecule has 1 aromatic rings. The van der Waals surface area contributed by atoms with E-state index in [4.69, 9.17) is 11.6 Å². The number of ketones is 1. The number of hydrogen-bond acceptors (Lipinski definition) is 4. The quantitative estimate of drug-likeness (QED) is 0.840. The van der Waals surface area contributed by atoms with Gasteiger partial charge in [0.05, 0.1) is 5.57 Å². The number of esters is 1. The molecule has 1 heterocycles. The Morgan fingerprint density at radius 3 is 2.21 bits per heavy atom. The number of benzene rings is 1. The van der Waals surface area contributed by atoms with Crippen LogP contribution in [-0.2, 0) is 14.3 Å². The number of hydrogen-bond donors (Lipinski definition) is 1. The summed E-state index contributed by atoms with van der Waals surface area (Å²) in [5.74, 6) is -4.51. The molecule has 0 bridgehead atoms. The van der Waals surface area contributed by atoms with Crippen molar-refractivity contribution in [1.29, 1.82) is 0 Å². The molecule has 1 unspecified atom stereocenters. The number of alkyl halides is 3. The van der Waals surface area contributed by atoms with Gasteiger partial charge in [-0.2, -0.15) is 13.2 Å². The van der Waals surface area contributed by atoms with E-state index >= 15 is 0 Å². The van der Waals surface area contributed by atoms with Gasteiger partial charge in [-0.15, -0.1) is 0 Å². The minimum Gasteiger partial charge on any atom is -0.429 e. The maximum absolute atomic E-state index is 13.7. The summed E-state index contributed by atoms with van der Waals surface area (Å²) in [4.78, 5) is 35.8. The van der Waals surface area contributed by atoms with Crippen molar-refractivity contribution in [3.8, 4) is 0 Å². The molecular weight excluding hydrogens is 351 g/mol. The summed E-state index contributed by atoms with van der Waals surface area (Å²) in [5, 5.41) is 1.89. The summed E-state index contributed by atoms with van der Waals surface area (Å²) >= 11 is 5.66. The topological polar surface area (TPSA) is 72.5 Å². The van der Waals surface area contributed by atoms with Crippen LogP contribution in [-0.4, -0.2) is 29.4 Å². The number of carbonyl (C=O) groups is 3. The SMILES string of the molecule is CC(=O)C1=C(C)OC(=O)C1(NC(=O)c1ccc(Cl)cc1)C(F)(F)F. The number of nitrogens with one attached hydrogen (secondary N) is 1. The predicted octanol–water partition coefficient (Wildman–Crippen LogP) is 2.79. The number of ether oxygens (including phenoxy) is 1. The van der Waals surface area contributed by atoms with Crippen molar-refractivity contribution in [3.05, 3.63) is 46.2 Å². The zero-order valence-electron chi connectivity index (χ0n) is 12.5. The third-order valence-electron chi connectivity index (χ3n) is 3.46. The summed E-state index contributed by atoms with van der Waals surface area (Å²) in [7, 11) is 0. The molecule has 0 spiro atoms. The van der Waals surface area contributed by atoms with E-state index in [1.807, 2.05) is 0 Å². The third kappa shape index (κ3) is 2.77. The first-order chi connectivity index (χ1) is 11.0. The highest BCUT2D eigenvalue weighted by atomic mass is 35.5. The lowest BCUT2D eigenvalue weighted by Gasteiger charge is -2.30. The highest BCUT2D eigenvalue weighted by Gasteiger charge is 2.69. The van der Waals surface area contributed by atoms with Gasteiger partial charge in [0.1, 0.15) is 5.76 Å². The van der Waals surface area contributed by atoms with E-state index in [9.17, 15) is 27.6 Å². The molecule has 1 aliphatic heterocycles. The molecule has 0 saturated heterocycles. The number of allylic oxidation sites excluding steroid dienone is 1. The van der Waals surface area contributed by atoms with E-state index in [-0.39, 0.29) is 10.6 Å². The lowest BCUT2D eigenvalue weighted by Crippen LogP contribution is -2.64. The van der Waals surface area contributed by atoms with Gasteiger partial charge in [-0.1, -0.05) is 11.6 Å². The molecular formula is C15H11ClF3NO4. The van der Waals surface area contributed by atoms with Crippen LogP contribution < -0.4 is 5.32 Å². The normalized spacial score (nSPS) is 20.8. The van der Waals surface area contributed by atoms with Crippen LogP contribution >= 0.6 is 11.6 Å². The molecule has 2 rings (SSSR count). The standard InChI is InChI=1S/C15H11ClF3NO4/c1-7(21)11-8(2)24-13(23)14(11,15(17,18)19)20-12(22)9-3-5-10(16)6-4-9/h3-6H,1-2H3,(H,20,22). The predicted molar refractivity (Wildman–Crippen MR) is 77.2 cm³/mol. The van der Waals surface area contributed by atoms with Crippen molar-refractivity contribution in [1.82, 2.24) is 5.32 Å². The minimum absolute atomic E-state index is 0.164. The molecule has 1 atom stereocenters. The Hall–Kier alpha value is -2.35. The fourth-order valence-electron chi connectivity index (χ4n) is 2.43. The first-order valence-electron chi connectivity index (χ1n) is 6.60. The van der Waals surface area contributed by atoms with Gasteiger partial charge < -0.3 is 10.1 Å². The van der Waals surface area contributed by atoms with Gasteiger partial charge >= 0.3 is 12.1 Å². The van der Waals surface area contributed by atoms with Crippen LogP contribution in [0.15, 0.2) is 35.6 Å². The van der Waals surface area contributed by atoms with Gasteiger partial charge in [-0.05, 0) is 38.1 Å². The molecule has 0 aromatic heterocycles. The molecule has 1 aliphatic rings. The van der Waals surface area contributed by atoms with Crippen molar-refractivity contribution in [3.63, 3.8) is 0 Å². The minimum atomic E-state index is -5.27. The van der Waals surface area contributed by atoms with Crippen molar-refractivity contribution < 1.29 is 32.3 Å². The molecule has 9 heteroatoms. The Morgan fingerprint density at radius 2 is 1.75 bits per heavy atom. The van der Waals surface area contributed by atoms with Gasteiger partial charge in [0, 0.05) is 10.6 Å². The summed E-state index contributed by atoms with van der Waals surface area (Å²) in [6, 6.07) is 4.98. The Bertz CT molecular complexity index is 755. The molecule has 128 valence electrons. The Morgan fingerprint density at radius 1 is 1.21 bits per heavy atom. The molecule has 0 aliphatic carbocycles. The van der Waals surface area contributed by atoms with Gasteiger partial charge in [0.25, 0.3) is 11.4 Å². The summed E-state index contributed by atoms with van der Waals surface area (Å²) in [5.41, 5.74) is -4.65. The Labute approximate surface area is 139 Å². The lowest BCUT2D eigenvalue weighted by atomic mass is 9.86. The zero-order valence-corrected chi connectivity index (χ0v) is 13.2. The van der Waals surface area contributed by atoms with Gasteiger partial charge in [-0.25, -0.2) is 4.79 Å². The van der Waals surface area contributed by atoms with Crippen LogP contribution in [0.1, 0.15) is 24.2 Å². The summed E-state index contributed by atoms with van der Waals surface area (Å²) in [6.45, 7) is 1.91. The number of halogens is 4. The van der Waals surface area contributed by atoms with Crippen LogP contribution in [0.4, 0.5) is 13.2 Å². The van der Waals surface area contributed by atoms with Gasteiger partial charge in [0.15, 0.2) is 5.78 Å². The molecule has 5 nitrogen and oxygen atoms in total. The monoisotopic (exact) mass is 361 g/mol. The Balaban J connectivity index is 2.54. The maximum Gasteiger partial charge on any atom is 0.427 e. The molecule has 1 N–H and O–H groups in total. The lowest BCUT2D eigenvalue weighted by molar-refractivity contribution is -0.195. The smallest absolute Gasteiger partial charge is 0.427 e. The van der Waals surface area contributed by atoms with E-state index in [2.05, 4.69) is 4.74 Å². The van der Waals surface area contributed by atoms with E-state index in [1.165, 1.54) is 24.3 Å². The second-order valence-electron chi connectivity index (χ2n) is 5.09. The maximum atomic E-state index is 13.7. The van der Waals surface area contributed by atoms with Gasteiger partial charge in [0.2, 0.25) is 0 Å². The molecule has 0 saturated carbocycles. The van der Waals surface area contributed by atoms with E-state index in [1.54, 1.807) is 5.32 Å². The Kier molecular flexibility index (Phi) is 4.45. The van der Waals surface area contributed by atoms with Crippen LogP contribution in [0.25, 0.3) is 0 Å². The number of carbonyl (C=O) groups excluding carboxylic acids is 3. The van der Waals surface area contributed by atoms with Crippen LogP contribution in [0.2, 0.25) is 5.02 Å². The molecule has 0 fully saturated rings. The van der Waals surface area contributed by atoms with Crippen LogP contribution in [0, 0.1) is 0 Å². The van der Waals surface area contributed by atoms with Crippen molar-refractivity contribution in [2.75, 3.05) is 0 Å². The first-order valence-corrected chi connectivity index (χ1v) is 6.98. The second-order valence-corrected chi connectivity index (χ2v) is 5.52. The van der Waals surface area contributed by atoms with Crippen molar-refractivity contribution in [2.24, 2.45) is 0 Å². The van der Waals surface area contributed by atoms with Crippen molar-refractivity contribution in [2.45, 2.75) is 25.6 Å². The zero-order chi connectivity index (χ0) is 18.3. The van der Waals surface area contributed by atoms with Gasteiger partial charge in [-0.3, -0.25) is 9.59 Å². The largest absolute Gasteiger partial charge is 0.429 e. The fraction of sp³-hybridized carbons (Fsp3) is 0.267.